The van der Waals surface area contributed by atoms with Gasteiger partial charge >= 0.3 is 6.18 Å². The van der Waals surface area contributed by atoms with Gasteiger partial charge < -0.3 is 10.2 Å². The number of rotatable bonds is 5. The number of nitrogens with one attached hydrogen (secondary N) is 1. The smallest absolute Gasteiger partial charge is 0.364 e. The van der Waals surface area contributed by atoms with E-state index in [0.717, 1.165) is 30.8 Å². The third-order valence-corrected chi connectivity index (χ3v) is 7.29. The molecule has 0 unspecified atom stereocenters. The van der Waals surface area contributed by atoms with Gasteiger partial charge in [-0.15, -0.1) is 0 Å². The van der Waals surface area contributed by atoms with E-state index in [1.54, 1.807) is 6.07 Å². The molecule has 1 aromatic carbocycles. The molecule has 3 aromatic rings. The van der Waals surface area contributed by atoms with E-state index in [4.69, 9.17) is 4.84 Å². The van der Waals surface area contributed by atoms with Crippen LogP contribution in [0.4, 0.5) is 40.7 Å². The average Bonchev–Trinajstić information content (AvgIpc) is 3.61. The highest BCUT2D eigenvalue weighted by atomic mass is 19.4. The van der Waals surface area contributed by atoms with E-state index < -0.39 is 29.5 Å². The number of hydrogen-bond acceptors (Lipinski definition) is 8. The molecule has 3 aliphatic heterocycles. The molecule has 194 valence electrons. The minimum atomic E-state index is -4.71. The fourth-order valence-corrected chi connectivity index (χ4v) is 5.44. The first-order valence-electron chi connectivity index (χ1n) is 12.1. The summed E-state index contributed by atoms with van der Waals surface area (Å²) in [5.41, 5.74) is 0.491. The van der Waals surface area contributed by atoms with Crippen LogP contribution in [0.5, 0.6) is 0 Å². The van der Waals surface area contributed by atoms with Crippen molar-refractivity contribution in [2.24, 2.45) is 0 Å². The number of likely N-dealkylation sites (tertiary alicyclic amines) is 1. The molecule has 2 aromatic heterocycles. The quantitative estimate of drug-likeness (QED) is 0.392. The zero-order valence-electron chi connectivity index (χ0n) is 20.0. The predicted molar refractivity (Wildman–Crippen MR) is 129 cm³/mol. The molecule has 3 aliphatic rings. The second-order valence-electron chi connectivity index (χ2n) is 9.59. The average molecular weight is 516 g/mol. The standard InChI is InChI=1S/C25H25F4N7O/c1-34-13-18-9-17(34)14-35(18)16-10-20(22(26)30-11-16)32-24-31-12-19(25(27,28)29)23(33-24)36-21(7-8-37-36)15-5-3-2-4-6-15/h2-6,10-12,17-18,21H,7-9,13-14H2,1H3,(H,31,32,33)/t17-,18-,21+/m1/s1. The van der Waals surface area contributed by atoms with Crippen molar-refractivity contribution in [3.8, 4) is 0 Å². The monoisotopic (exact) mass is 515 g/mol. The summed E-state index contributed by atoms with van der Waals surface area (Å²) in [7, 11) is 2.09. The second-order valence-corrected chi connectivity index (χ2v) is 9.59. The van der Waals surface area contributed by atoms with Crippen LogP contribution in [-0.2, 0) is 11.0 Å². The number of nitrogens with zero attached hydrogens (tertiary/aromatic N) is 6. The lowest BCUT2D eigenvalue weighted by Crippen LogP contribution is -2.44. The fraction of sp³-hybridized carbons (Fsp3) is 0.400. The Morgan fingerprint density at radius 1 is 1.05 bits per heavy atom. The van der Waals surface area contributed by atoms with Gasteiger partial charge in [0.1, 0.15) is 5.56 Å². The third kappa shape index (κ3) is 4.44. The predicted octanol–water partition coefficient (Wildman–Crippen LogP) is 4.55. The van der Waals surface area contributed by atoms with Crippen molar-refractivity contribution in [3.05, 3.63) is 65.9 Å². The molecule has 6 rings (SSSR count). The molecule has 0 saturated carbocycles. The van der Waals surface area contributed by atoms with Gasteiger partial charge in [-0.2, -0.15) is 22.5 Å². The normalized spacial score (nSPS) is 23.8. The molecule has 1 N–H and O–H groups in total. The van der Waals surface area contributed by atoms with Gasteiger partial charge in [-0.25, -0.2) is 15.0 Å². The van der Waals surface area contributed by atoms with Crippen molar-refractivity contribution >= 4 is 23.1 Å². The van der Waals surface area contributed by atoms with Crippen molar-refractivity contribution in [1.29, 1.82) is 0 Å². The summed E-state index contributed by atoms with van der Waals surface area (Å²) in [6, 6.07) is 11.0. The number of benzene rings is 1. The molecular formula is C25H25F4N7O. The van der Waals surface area contributed by atoms with Crippen molar-refractivity contribution in [2.75, 3.05) is 42.0 Å². The van der Waals surface area contributed by atoms with E-state index in [2.05, 4.69) is 37.1 Å². The van der Waals surface area contributed by atoms with Crippen LogP contribution >= 0.6 is 0 Å². The van der Waals surface area contributed by atoms with Gasteiger partial charge in [0.25, 0.3) is 0 Å². The van der Waals surface area contributed by atoms with E-state index >= 15 is 0 Å². The van der Waals surface area contributed by atoms with Crippen LogP contribution in [0.25, 0.3) is 0 Å². The Balaban J connectivity index is 1.32. The van der Waals surface area contributed by atoms with Crippen LogP contribution < -0.4 is 15.3 Å². The van der Waals surface area contributed by atoms with E-state index in [-0.39, 0.29) is 18.2 Å². The van der Waals surface area contributed by atoms with Gasteiger partial charge in [0.05, 0.1) is 30.2 Å². The van der Waals surface area contributed by atoms with E-state index in [1.165, 1.54) is 11.3 Å². The maximum Gasteiger partial charge on any atom is 0.421 e. The van der Waals surface area contributed by atoms with Crippen molar-refractivity contribution in [1.82, 2.24) is 19.9 Å². The molecule has 12 heteroatoms. The number of hydroxylamine groups is 1. The first kappa shape index (κ1) is 23.9. The maximum absolute atomic E-state index is 14.7. The lowest BCUT2D eigenvalue weighted by molar-refractivity contribution is -0.138. The highest BCUT2D eigenvalue weighted by Crippen LogP contribution is 2.42. The first-order valence-corrected chi connectivity index (χ1v) is 12.1. The molecule has 2 bridgehead atoms. The molecule has 0 radical (unpaired) electrons. The van der Waals surface area contributed by atoms with Crippen LogP contribution in [0.2, 0.25) is 0 Å². The summed E-state index contributed by atoms with van der Waals surface area (Å²) in [5.74, 6) is -1.42. The van der Waals surface area contributed by atoms with Gasteiger partial charge in [0.2, 0.25) is 11.9 Å². The number of alkyl halides is 3. The maximum atomic E-state index is 14.7. The van der Waals surface area contributed by atoms with Crippen LogP contribution in [0.1, 0.15) is 30.0 Å². The number of halogens is 4. The topological polar surface area (TPSA) is 69.7 Å². The minimum absolute atomic E-state index is 0.0127. The summed E-state index contributed by atoms with van der Waals surface area (Å²) in [6.45, 7) is 1.95. The SMILES string of the molecule is CN1C[C@H]2C[C@@H]1CN2c1cnc(F)c(Nc2ncc(C(F)(F)F)c(N3OCC[C@H]3c3ccccc3)n2)c1. The highest BCUT2D eigenvalue weighted by molar-refractivity contribution is 5.63. The molecule has 3 atom stereocenters. The second kappa shape index (κ2) is 9.10. The fourth-order valence-electron chi connectivity index (χ4n) is 5.44. The van der Waals surface area contributed by atoms with Crippen LogP contribution in [0.15, 0.2) is 48.8 Å². The van der Waals surface area contributed by atoms with Gasteiger partial charge in [0.15, 0.2) is 5.82 Å². The Kier molecular flexibility index (Phi) is 5.87. The molecule has 37 heavy (non-hydrogen) atoms. The molecule has 0 spiro atoms. The number of likely N-dealkylation sites (N-methyl/N-ethyl adjacent to an activating group) is 1. The molecule has 3 fully saturated rings. The van der Waals surface area contributed by atoms with E-state index in [0.29, 0.717) is 24.7 Å². The molecule has 5 heterocycles. The van der Waals surface area contributed by atoms with E-state index in [1.807, 2.05) is 30.3 Å². The number of fused-ring (bicyclic) bond motifs is 2. The van der Waals surface area contributed by atoms with Gasteiger partial charge in [-0.3, -0.25) is 9.74 Å². The van der Waals surface area contributed by atoms with Crippen LogP contribution in [-0.4, -0.2) is 58.7 Å². The number of piperazine rings is 1. The lowest BCUT2D eigenvalue weighted by atomic mass is 10.0. The van der Waals surface area contributed by atoms with Gasteiger partial charge in [0, 0.05) is 37.8 Å². The molecule has 3 saturated heterocycles. The zero-order valence-corrected chi connectivity index (χ0v) is 20.0. The molecular weight excluding hydrogens is 490 g/mol. The largest absolute Gasteiger partial charge is 0.421 e. The number of aromatic nitrogens is 3. The Labute approximate surface area is 210 Å². The molecule has 8 nitrogen and oxygen atoms in total. The number of pyridine rings is 1. The summed E-state index contributed by atoms with van der Waals surface area (Å²) in [4.78, 5) is 22.0. The first-order chi connectivity index (χ1) is 17.8. The summed E-state index contributed by atoms with van der Waals surface area (Å²) >= 11 is 0. The highest BCUT2D eigenvalue weighted by Gasteiger charge is 2.42. The third-order valence-electron chi connectivity index (χ3n) is 7.29. The van der Waals surface area contributed by atoms with Crippen LogP contribution in [0.3, 0.4) is 0 Å². The summed E-state index contributed by atoms with van der Waals surface area (Å²) < 4.78 is 56.4. The minimum Gasteiger partial charge on any atom is -0.364 e. The number of hydrogen-bond donors (Lipinski definition) is 1. The number of anilines is 4. The summed E-state index contributed by atoms with van der Waals surface area (Å²) in [6.07, 6.45) is -1.03. The Morgan fingerprint density at radius 2 is 1.86 bits per heavy atom. The van der Waals surface area contributed by atoms with Crippen molar-refractivity contribution in [2.45, 2.75) is 37.1 Å². The molecule has 0 amide bonds. The van der Waals surface area contributed by atoms with Crippen molar-refractivity contribution in [3.63, 3.8) is 0 Å². The Hall–Kier alpha value is -3.51. The van der Waals surface area contributed by atoms with E-state index in [9.17, 15) is 17.6 Å². The lowest BCUT2D eigenvalue weighted by Gasteiger charge is -2.33. The summed E-state index contributed by atoms with van der Waals surface area (Å²) in [5, 5.41) is 3.91. The molecule has 0 aliphatic carbocycles. The zero-order chi connectivity index (χ0) is 25.7. The Morgan fingerprint density at radius 3 is 2.57 bits per heavy atom. The van der Waals surface area contributed by atoms with Crippen molar-refractivity contribution < 1.29 is 22.4 Å². The van der Waals surface area contributed by atoms with Gasteiger partial charge in [-0.05, 0) is 25.1 Å². The van der Waals surface area contributed by atoms with Gasteiger partial charge in [-0.1, -0.05) is 30.3 Å². The van der Waals surface area contributed by atoms with Crippen LogP contribution in [0, 0.1) is 5.95 Å². The Bertz CT molecular complexity index is 1290.